The zero-order valence-electron chi connectivity index (χ0n) is 35.1. The van der Waals surface area contributed by atoms with Gasteiger partial charge >= 0.3 is 46.9 Å². The summed E-state index contributed by atoms with van der Waals surface area (Å²) < 4.78 is 55.6. The van der Waals surface area contributed by atoms with E-state index in [0.29, 0.717) is 0 Å². The van der Waals surface area contributed by atoms with Gasteiger partial charge in [0.1, 0.15) is 0 Å². The van der Waals surface area contributed by atoms with Gasteiger partial charge in [-0.1, -0.05) is 35.3 Å². The summed E-state index contributed by atoms with van der Waals surface area (Å²) in [4.78, 5) is 45.6. The van der Waals surface area contributed by atoms with Crippen LogP contribution in [0.25, 0.3) is 11.4 Å². The minimum Gasteiger partial charge on any atom is -0.866 e. The normalized spacial score (nSPS) is 11.5. The second kappa shape index (κ2) is 24.1. The van der Waals surface area contributed by atoms with E-state index in [1.54, 1.807) is 0 Å². The molecule has 2 heterocycles. The number of nitro benzene ring substituents is 2. The van der Waals surface area contributed by atoms with E-state index in [-0.39, 0.29) is 127 Å². The molecular weight excluding hydrogens is 1030 g/mol. The fraction of sp³-hybridized carbons (Fsp3) is 0.167. The molecule has 6 N–H and O–H groups in total. The SMILES string of the molecule is Cc1[nH]n(-c2cccc(S(=O)(=O)NCCO)c2)c(=O)c1N=Nc1cc(Cl)cc([N+](=O)[O-])c1[O-].Cc1[nH]n(-c2cccc(S(=O)(=O)NCCO)c2)c(=O)c1N=Nc1cc(Cl)cc([N+](=O)[O-])c1[O-].[Cr+3].[Na+]. The molecule has 0 aliphatic rings. The Kier molecular flexibility index (Phi) is 20.1. The molecule has 2 aromatic heterocycles. The van der Waals surface area contributed by atoms with Crippen molar-refractivity contribution >= 4 is 77.4 Å². The number of nitro groups is 2. The maximum atomic E-state index is 12.8. The third-order valence-electron chi connectivity index (χ3n) is 8.60. The number of halogens is 2. The Hall–Kier alpha value is -5.65. The fourth-order valence-electron chi connectivity index (χ4n) is 5.54. The Balaban J connectivity index is 0.000000350. The maximum Gasteiger partial charge on any atom is 3.00 e. The molecule has 0 bridgehead atoms. The molecule has 0 saturated heterocycles. The summed E-state index contributed by atoms with van der Waals surface area (Å²) in [5.74, 6) is -2.04. The molecule has 68 heavy (non-hydrogen) atoms. The van der Waals surface area contributed by atoms with Gasteiger partial charge in [0.15, 0.2) is 11.4 Å². The van der Waals surface area contributed by atoms with Gasteiger partial charge in [0.2, 0.25) is 20.0 Å². The topological polar surface area (TPSA) is 390 Å². The minimum atomic E-state index is -3.92. The Morgan fingerprint density at radius 2 is 1.00 bits per heavy atom. The molecule has 6 rings (SSSR count). The van der Waals surface area contributed by atoms with E-state index in [9.17, 15) is 56.9 Å². The van der Waals surface area contributed by atoms with E-state index in [4.69, 9.17) is 33.4 Å². The van der Waals surface area contributed by atoms with Crippen molar-refractivity contribution in [1.82, 2.24) is 29.0 Å². The minimum absolute atomic E-state index is 0. The molecule has 26 nitrogen and oxygen atoms in total. The van der Waals surface area contributed by atoms with Crippen LogP contribution in [0.3, 0.4) is 0 Å². The van der Waals surface area contributed by atoms with Crippen LogP contribution in [0.15, 0.2) is 113 Å². The van der Waals surface area contributed by atoms with Gasteiger partial charge < -0.3 is 20.4 Å². The summed E-state index contributed by atoms with van der Waals surface area (Å²) in [6.45, 7) is 1.86. The van der Waals surface area contributed by atoms with E-state index in [1.165, 1.54) is 62.4 Å². The third kappa shape index (κ3) is 13.3. The molecule has 1 radical (unpaired) electrons. The van der Waals surface area contributed by atoms with Crippen LogP contribution in [0, 0.1) is 34.1 Å². The van der Waals surface area contributed by atoms with Crippen molar-refractivity contribution in [1.29, 1.82) is 0 Å². The second-order valence-corrected chi connectivity index (χ2v) is 17.6. The van der Waals surface area contributed by atoms with E-state index < -0.39 is 75.3 Å². The largest absolute Gasteiger partial charge is 3.00 e. The van der Waals surface area contributed by atoms with Gasteiger partial charge in [-0.15, -0.1) is 10.2 Å². The van der Waals surface area contributed by atoms with Crippen molar-refractivity contribution < 1.29 is 94.0 Å². The van der Waals surface area contributed by atoms with Crippen LogP contribution < -0.4 is 60.3 Å². The summed E-state index contributed by atoms with van der Waals surface area (Å²) in [7, 11) is -7.84. The van der Waals surface area contributed by atoms with Gasteiger partial charge in [0, 0.05) is 46.8 Å². The number of aromatic nitrogens is 4. The maximum absolute atomic E-state index is 12.8. The molecule has 0 aliphatic heterocycles. The summed E-state index contributed by atoms with van der Waals surface area (Å²) >= 11 is 11.6. The van der Waals surface area contributed by atoms with Crippen molar-refractivity contribution in [3.63, 3.8) is 0 Å². The van der Waals surface area contributed by atoms with Crippen molar-refractivity contribution in [3.05, 3.63) is 135 Å². The van der Waals surface area contributed by atoms with E-state index in [2.05, 4.69) is 40.1 Å². The van der Waals surface area contributed by atoms with Crippen molar-refractivity contribution in [3.8, 4) is 22.9 Å². The first-order chi connectivity index (χ1) is 31.1. The molecule has 6 aromatic rings. The van der Waals surface area contributed by atoms with Gasteiger partial charge in [-0.25, -0.2) is 35.6 Å². The fourth-order valence-corrected chi connectivity index (χ4v) is 8.07. The molecule has 0 unspecified atom stereocenters. The smallest absolute Gasteiger partial charge is 0.866 e. The first kappa shape index (κ1) is 56.7. The first-order valence-corrected chi connectivity index (χ1v) is 22.0. The third-order valence-corrected chi connectivity index (χ3v) is 12.0. The molecule has 351 valence electrons. The number of aryl methyl sites for hydroxylation is 2. The average molecular weight is 1070 g/mol. The number of rotatable bonds is 16. The van der Waals surface area contributed by atoms with Crippen molar-refractivity contribution in [2.24, 2.45) is 20.5 Å². The summed E-state index contributed by atoms with van der Waals surface area (Å²) in [5.41, 5.74) is -3.45. The molecule has 0 amide bonds. The number of aromatic amines is 2. The Morgan fingerprint density at radius 1 is 0.647 bits per heavy atom. The van der Waals surface area contributed by atoms with Gasteiger partial charge in [-0.3, -0.25) is 40.0 Å². The molecule has 0 aliphatic carbocycles. The summed E-state index contributed by atoms with van der Waals surface area (Å²) in [6.07, 6.45) is 0. The van der Waals surface area contributed by atoms with Crippen molar-refractivity contribution in [2.45, 2.75) is 23.6 Å². The second-order valence-electron chi connectivity index (χ2n) is 13.1. The Morgan fingerprint density at radius 3 is 1.32 bits per heavy atom. The van der Waals surface area contributed by atoms with E-state index >= 15 is 0 Å². The molecular formula is C36H32Cl2CrN12NaO14S2+2. The number of aliphatic hydroxyl groups is 2. The molecule has 4 aromatic carbocycles. The van der Waals surface area contributed by atoms with Crippen LogP contribution in [0.1, 0.15) is 11.4 Å². The molecule has 0 spiro atoms. The molecule has 0 saturated carbocycles. The number of aliphatic hydroxyl groups excluding tert-OH is 2. The predicted molar refractivity (Wildman–Crippen MR) is 230 cm³/mol. The van der Waals surface area contributed by atoms with Crippen LogP contribution in [-0.2, 0) is 37.4 Å². The van der Waals surface area contributed by atoms with Crippen LogP contribution >= 0.6 is 23.2 Å². The predicted octanol–water partition coefficient (Wildman–Crippen LogP) is 0.592. The summed E-state index contributed by atoms with van der Waals surface area (Å²) in [6, 6.07) is 14.8. The zero-order chi connectivity index (χ0) is 48.7. The quantitative estimate of drug-likeness (QED) is 0.0335. The summed E-state index contributed by atoms with van der Waals surface area (Å²) in [5, 5.41) is 84.0. The average Bonchev–Trinajstić information content (AvgIpc) is 3.73. The van der Waals surface area contributed by atoms with E-state index in [0.717, 1.165) is 33.6 Å². The number of benzene rings is 4. The number of H-pyrrole nitrogens is 2. The number of hydrogen-bond donors (Lipinski definition) is 6. The van der Waals surface area contributed by atoms with Gasteiger partial charge in [-0.05, 0) is 62.4 Å². The van der Waals surface area contributed by atoms with Crippen LogP contribution in [0.4, 0.5) is 34.1 Å². The van der Waals surface area contributed by atoms with Gasteiger partial charge in [0.25, 0.3) is 22.5 Å². The number of hydrogen-bond acceptors (Lipinski definition) is 18. The monoisotopic (exact) mass is 1070 g/mol. The van der Waals surface area contributed by atoms with Crippen LogP contribution in [0.5, 0.6) is 11.5 Å². The Bertz CT molecular complexity index is 3060. The van der Waals surface area contributed by atoms with Gasteiger partial charge in [-0.2, -0.15) is 10.2 Å². The van der Waals surface area contributed by atoms with Crippen molar-refractivity contribution in [2.75, 3.05) is 26.3 Å². The number of azo groups is 2. The van der Waals surface area contributed by atoms with Crippen LogP contribution in [-0.4, -0.2) is 82.8 Å². The number of nitrogens with zero attached hydrogens (tertiary/aromatic N) is 8. The molecule has 0 atom stereocenters. The number of sulfonamides is 2. The first-order valence-electron chi connectivity index (χ1n) is 18.3. The van der Waals surface area contributed by atoms with E-state index in [1.807, 2.05) is 0 Å². The zero-order valence-corrected chi connectivity index (χ0v) is 41.5. The Labute approximate surface area is 425 Å². The number of nitrogens with one attached hydrogen (secondary N) is 4. The standard InChI is InChI=1S/2C18H17ClN6O7S.Cr.Na/c2*1-10-16(22-21-14-7-11(19)8-15(17(14)27)25(29)30)18(28)24(23-10)12-3-2-4-13(9-12)33(31,32)20-5-6-26;;/h2*2-4,7-9,20,23,26-27H,5-6H2,1H3;;/q;;+3;+1/p-2. The van der Waals surface area contributed by atoms with Crippen LogP contribution in [0.2, 0.25) is 10.0 Å². The van der Waals surface area contributed by atoms with Gasteiger partial charge in [0.05, 0.1) is 67.0 Å². The molecule has 32 heteroatoms. The molecule has 0 fully saturated rings.